The third-order valence-corrected chi connectivity index (χ3v) is 5.47. The summed E-state index contributed by atoms with van der Waals surface area (Å²) in [6, 6.07) is 0. The van der Waals surface area contributed by atoms with Gasteiger partial charge in [-0.3, -0.25) is 0 Å². The number of rotatable bonds is 0. The van der Waals surface area contributed by atoms with E-state index in [1.54, 1.807) is 0 Å². The average Bonchev–Trinajstić information content (AvgIpc) is 2.94. The van der Waals surface area contributed by atoms with Crippen LogP contribution in [-0.2, 0) is 14.3 Å². The number of hydrogen-bond acceptors (Lipinski definition) is 4. The van der Waals surface area contributed by atoms with Crippen molar-refractivity contribution in [2.75, 3.05) is 0 Å². The summed E-state index contributed by atoms with van der Waals surface area (Å²) in [6.07, 6.45) is 4.30. The molecule has 2 saturated heterocycles. The van der Waals surface area contributed by atoms with E-state index >= 15 is 0 Å². The predicted molar refractivity (Wildman–Crippen MR) is 58.2 cm³/mol. The number of carbonyl (C=O) groups is 1. The van der Waals surface area contributed by atoms with Gasteiger partial charge >= 0.3 is 5.97 Å². The summed E-state index contributed by atoms with van der Waals surface area (Å²) in [7, 11) is 0. The number of fused-ring (bicyclic) bond motifs is 1. The van der Waals surface area contributed by atoms with Crippen LogP contribution in [0.3, 0.4) is 0 Å². The molecule has 0 radical (unpaired) electrons. The fraction of sp³-hybridized carbons (Fsp3) is 0.923. The first-order valence-corrected chi connectivity index (χ1v) is 6.67. The minimum absolute atomic E-state index is 0.0279. The van der Waals surface area contributed by atoms with Crippen molar-refractivity contribution in [3.8, 4) is 0 Å². The maximum atomic E-state index is 11.7. The van der Waals surface area contributed by atoms with Gasteiger partial charge in [-0.15, -0.1) is 0 Å². The summed E-state index contributed by atoms with van der Waals surface area (Å²) in [5.74, 6) is -0.0783. The highest BCUT2D eigenvalue weighted by molar-refractivity contribution is 5.78. The van der Waals surface area contributed by atoms with Crippen molar-refractivity contribution >= 4 is 5.97 Å². The van der Waals surface area contributed by atoms with Gasteiger partial charge in [0.2, 0.25) is 0 Å². The van der Waals surface area contributed by atoms with Crippen LogP contribution in [0.5, 0.6) is 0 Å². The van der Waals surface area contributed by atoms with Crippen LogP contribution in [-0.4, -0.2) is 34.5 Å². The first-order chi connectivity index (χ1) is 8.08. The molecule has 1 unspecified atom stereocenters. The Morgan fingerprint density at radius 1 is 1.35 bits per heavy atom. The van der Waals surface area contributed by atoms with Crippen LogP contribution >= 0.6 is 0 Å². The maximum Gasteiger partial charge on any atom is 0.336 e. The Hall–Kier alpha value is -0.610. The molecule has 0 bridgehead atoms. The standard InChI is InChI=1S/C13H18O4/c1-12-6-5-7-3-2-4-8-9(14)10(15)16-13(7,8)11(12)17-12/h7-9,11,14H,2-6H2,1H3/t7-,8+,9?,11-,12-,13-/m1/s1. The van der Waals surface area contributed by atoms with E-state index in [1.165, 1.54) is 0 Å². The minimum Gasteiger partial charge on any atom is -0.454 e. The number of epoxide rings is 1. The largest absolute Gasteiger partial charge is 0.454 e. The molecule has 4 aliphatic rings. The lowest BCUT2D eigenvalue weighted by Gasteiger charge is -2.46. The second-order valence-electron chi connectivity index (χ2n) is 6.30. The summed E-state index contributed by atoms with van der Waals surface area (Å²) < 4.78 is 11.5. The first kappa shape index (κ1) is 10.3. The van der Waals surface area contributed by atoms with E-state index in [0.29, 0.717) is 5.92 Å². The van der Waals surface area contributed by atoms with Gasteiger partial charge in [0.25, 0.3) is 0 Å². The monoisotopic (exact) mass is 238 g/mol. The third kappa shape index (κ3) is 1.04. The second-order valence-corrected chi connectivity index (χ2v) is 6.30. The molecule has 2 saturated carbocycles. The number of esters is 1. The van der Waals surface area contributed by atoms with Gasteiger partial charge in [0.05, 0.1) is 5.60 Å². The van der Waals surface area contributed by atoms with Gasteiger partial charge in [-0.1, -0.05) is 6.42 Å². The number of aliphatic hydroxyl groups is 1. The van der Waals surface area contributed by atoms with Gasteiger partial charge in [0, 0.05) is 11.8 Å². The molecule has 0 aromatic carbocycles. The Labute approximate surface area is 100 Å². The number of carbonyl (C=O) groups excluding carboxylic acids is 1. The Bertz CT molecular complexity index is 389. The molecular formula is C13H18O4. The third-order valence-electron chi connectivity index (χ3n) is 5.47. The van der Waals surface area contributed by atoms with Crippen LogP contribution in [0.2, 0.25) is 0 Å². The molecular weight excluding hydrogens is 220 g/mol. The lowest BCUT2D eigenvalue weighted by molar-refractivity contribution is -0.164. The van der Waals surface area contributed by atoms with E-state index in [0.717, 1.165) is 32.1 Å². The van der Waals surface area contributed by atoms with Crippen LogP contribution in [0.4, 0.5) is 0 Å². The van der Waals surface area contributed by atoms with Crippen molar-refractivity contribution in [3.05, 3.63) is 0 Å². The van der Waals surface area contributed by atoms with Crippen LogP contribution in [0.15, 0.2) is 0 Å². The molecule has 17 heavy (non-hydrogen) atoms. The van der Waals surface area contributed by atoms with Crippen molar-refractivity contribution in [2.45, 2.75) is 62.4 Å². The summed E-state index contributed by atoms with van der Waals surface area (Å²) in [5, 5.41) is 10.0. The van der Waals surface area contributed by atoms with Crippen molar-refractivity contribution in [2.24, 2.45) is 11.8 Å². The van der Waals surface area contributed by atoms with Gasteiger partial charge in [-0.05, 0) is 32.6 Å². The summed E-state index contributed by atoms with van der Waals surface area (Å²) in [6.45, 7) is 2.10. The normalized spacial score (nSPS) is 60.0. The Morgan fingerprint density at radius 3 is 3.00 bits per heavy atom. The number of aliphatic hydroxyl groups excluding tert-OH is 1. The zero-order chi connectivity index (χ0) is 11.8. The fourth-order valence-electron chi connectivity index (χ4n) is 4.59. The molecule has 4 rings (SSSR count). The average molecular weight is 238 g/mol. The summed E-state index contributed by atoms with van der Waals surface area (Å²) >= 11 is 0. The topological polar surface area (TPSA) is 59.1 Å². The SMILES string of the molecule is C[C@@]12CC[C@H]3CCC[C@H]4C(O)C(=O)O[C@]34[C@@H]1O2. The Balaban J connectivity index is 1.80. The molecule has 0 aromatic heterocycles. The van der Waals surface area contributed by atoms with Crippen molar-refractivity contribution in [1.29, 1.82) is 0 Å². The quantitative estimate of drug-likeness (QED) is 0.505. The molecule has 4 heteroatoms. The van der Waals surface area contributed by atoms with Gasteiger partial charge in [-0.2, -0.15) is 0 Å². The van der Waals surface area contributed by atoms with E-state index in [2.05, 4.69) is 6.92 Å². The molecule has 2 aliphatic heterocycles. The molecule has 1 N–H and O–H groups in total. The lowest BCUT2D eigenvalue weighted by Crippen LogP contribution is -2.56. The van der Waals surface area contributed by atoms with Crippen LogP contribution < -0.4 is 0 Å². The van der Waals surface area contributed by atoms with Gasteiger partial charge < -0.3 is 14.6 Å². The van der Waals surface area contributed by atoms with Crippen molar-refractivity contribution in [3.63, 3.8) is 0 Å². The smallest absolute Gasteiger partial charge is 0.336 e. The van der Waals surface area contributed by atoms with E-state index in [-0.39, 0.29) is 17.6 Å². The molecule has 2 heterocycles. The molecule has 4 nitrogen and oxygen atoms in total. The van der Waals surface area contributed by atoms with Gasteiger partial charge in [0.15, 0.2) is 6.10 Å². The Morgan fingerprint density at radius 2 is 2.18 bits per heavy atom. The van der Waals surface area contributed by atoms with E-state index in [1.807, 2.05) is 0 Å². The van der Waals surface area contributed by atoms with Crippen LogP contribution in [0, 0.1) is 11.8 Å². The molecule has 0 aromatic rings. The van der Waals surface area contributed by atoms with Gasteiger partial charge in [0.1, 0.15) is 11.7 Å². The summed E-state index contributed by atoms with van der Waals surface area (Å²) in [4.78, 5) is 11.7. The van der Waals surface area contributed by atoms with Crippen LogP contribution in [0.1, 0.15) is 39.0 Å². The molecule has 94 valence electrons. The lowest BCUT2D eigenvalue weighted by atomic mass is 9.59. The van der Waals surface area contributed by atoms with Crippen molar-refractivity contribution < 1.29 is 19.4 Å². The molecule has 6 atom stereocenters. The zero-order valence-corrected chi connectivity index (χ0v) is 10.0. The number of hydrogen-bond donors (Lipinski definition) is 1. The zero-order valence-electron chi connectivity index (χ0n) is 10.0. The highest BCUT2D eigenvalue weighted by Gasteiger charge is 2.76. The van der Waals surface area contributed by atoms with Gasteiger partial charge in [-0.25, -0.2) is 4.79 Å². The van der Waals surface area contributed by atoms with E-state index < -0.39 is 17.7 Å². The minimum atomic E-state index is -0.927. The molecule has 2 aliphatic carbocycles. The maximum absolute atomic E-state index is 11.7. The fourth-order valence-corrected chi connectivity index (χ4v) is 4.59. The van der Waals surface area contributed by atoms with E-state index in [4.69, 9.17) is 9.47 Å². The highest BCUT2D eigenvalue weighted by atomic mass is 16.7. The van der Waals surface area contributed by atoms with E-state index in [9.17, 15) is 9.90 Å². The molecule has 1 spiro atoms. The second kappa shape index (κ2) is 2.86. The Kier molecular flexibility index (Phi) is 1.74. The molecule has 0 amide bonds. The van der Waals surface area contributed by atoms with Crippen molar-refractivity contribution in [1.82, 2.24) is 0 Å². The summed E-state index contributed by atoms with van der Waals surface area (Å²) in [5.41, 5.74) is -0.599. The highest BCUT2D eigenvalue weighted by Crippen LogP contribution is 2.64. The number of ether oxygens (including phenoxy) is 2. The predicted octanol–water partition coefficient (Wildman–Crippen LogP) is 1.01. The molecule has 4 fully saturated rings. The first-order valence-electron chi connectivity index (χ1n) is 6.67. The van der Waals surface area contributed by atoms with Crippen LogP contribution in [0.25, 0.3) is 0 Å².